The summed E-state index contributed by atoms with van der Waals surface area (Å²) < 4.78 is 10.7. The van der Waals surface area contributed by atoms with E-state index in [1.807, 2.05) is 11.0 Å². The molecule has 1 amide bonds. The fourth-order valence-corrected chi connectivity index (χ4v) is 5.25. The van der Waals surface area contributed by atoms with E-state index in [0.717, 1.165) is 46.7 Å². The van der Waals surface area contributed by atoms with Crippen LogP contribution in [-0.2, 0) is 17.6 Å². The topological polar surface area (TPSA) is 38.8 Å². The van der Waals surface area contributed by atoms with Crippen LogP contribution in [0.5, 0.6) is 5.75 Å². The number of hydrogen-bond donors (Lipinski definition) is 0. The Morgan fingerprint density at radius 2 is 2.16 bits per heavy atom. The number of carbonyl (C=O) groups excluding carboxylic acids is 1. The number of ether oxygens (including phenoxy) is 2. The van der Waals surface area contributed by atoms with Gasteiger partial charge in [-0.3, -0.25) is 4.79 Å². The van der Waals surface area contributed by atoms with Gasteiger partial charge in [-0.05, 0) is 54.2 Å². The van der Waals surface area contributed by atoms with E-state index < -0.39 is 0 Å². The quantitative estimate of drug-likeness (QED) is 0.810. The molecule has 4 nitrogen and oxygen atoms in total. The van der Waals surface area contributed by atoms with Gasteiger partial charge >= 0.3 is 0 Å². The minimum atomic E-state index is 0.111. The maximum absolute atomic E-state index is 12.8. The lowest BCUT2D eigenvalue weighted by Crippen LogP contribution is -2.29. The van der Waals surface area contributed by atoms with Gasteiger partial charge in [-0.1, -0.05) is 11.6 Å². The number of likely N-dealkylation sites (tertiary alicyclic amines) is 1. The molecule has 4 rings (SSSR count). The van der Waals surface area contributed by atoms with Crippen LogP contribution in [0, 0.1) is 0 Å². The molecule has 1 atom stereocenters. The normalized spacial score (nSPS) is 18.8. The Balaban J connectivity index is 1.66. The van der Waals surface area contributed by atoms with Gasteiger partial charge in [0.1, 0.15) is 5.75 Å². The van der Waals surface area contributed by atoms with Crippen molar-refractivity contribution in [2.24, 2.45) is 0 Å². The van der Waals surface area contributed by atoms with Crippen LogP contribution in [0.3, 0.4) is 0 Å². The van der Waals surface area contributed by atoms with E-state index in [9.17, 15) is 4.79 Å². The predicted molar refractivity (Wildman–Crippen MR) is 100 cm³/mol. The summed E-state index contributed by atoms with van der Waals surface area (Å²) in [6.07, 6.45) is 2.84. The Morgan fingerprint density at radius 3 is 2.88 bits per heavy atom. The molecule has 1 fully saturated rings. The maximum Gasteiger partial charge on any atom is 0.264 e. The minimum absolute atomic E-state index is 0.111. The molecule has 1 aliphatic heterocycles. The molecule has 6 heteroatoms. The van der Waals surface area contributed by atoms with E-state index in [1.54, 1.807) is 25.6 Å². The van der Waals surface area contributed by atoms with Gasteiger partial charge in [0.15, 0.2) is 0 Å². The van der Waals surface area contributed by atoms with Crippen molar-refractivity contribution in [1.29, 1.82) is 0 Å². The second kappa shape index (κ2) is 6.63. The first-order valence-corrected chi connectivity index (χ1v) is 9.62. The van der Waals surface area contributed by atoms with Crippen LogP contribution in [0.15, 0.2) is 18.2 Å². The molecule has 1 aromatic carbocycles. The van der Waals surface area contributed by atoms with Crippen LogP contribution in [0.2, 0.25) is 5.02 Å². The van der Waals surface area contributed by atoms with Gasteiger partial charge in [-0.25, -0.2) is 0 Å². The summed E-state index contributed by atoms with van der Waals surface area (Å²) in [5.41, 5.74) is 3.49. The molecular weight excluding hydrogens is 358 g/mol. The van der Waals surface area contributed by atoms with Gasteiger partial charge in [-0.2, -0.15) is 0 Å². The number of halogens is 1. The third-order valence-corrected chi connectivity index (χ3v) is 6.71. The van der Waals surface area contributed by atoms with E-state index in [-0.39, 0.29) is 12.0 Å². The lowest BCUT2D eigenvalue weighted by molar-refractivity contribution is 0.0728. The molecule has 0 saturated carbocycles. The largest absolute Gasteiger partial charge is 0.495 e. The molecule has 25 heavy (non-hydrogen) atoms. The Kier molecular flexibility index (Phi) is 4.48. The number of carbonyl (C=O) groups is 1. The van der Waals surface area contributed by atoms with E-state index in [1.165, 1.54) is 5.56 Å². The number of thiophene rings is 1. The number of amides is 1. The molecule has 2 aromatic rings. The average molecular weight is 378 g/mol. The Labute approximate surface area is 156 Å². The van der Waals surface area contributed by atoms with Crippen molar-refractivity contribution in [3.05, 3.63) is 39.2 Å². The van der Waals surface area contributed by atoms with Gasteiger partial charge in [0.05, 0.1) is 23.1 Å². The second-order valence-corrected chi connectivity index (χ2v) is 7.90. The lowest BCUT2D eigenvalue weighted by Gasteiger charge is -2.18. The van der Waals surface area contributed by atoms with Crippen molar-refractivity contribution in [2.45, 2.75) is 25.4 Å². The molecule has 1 saturated heterocycles. The third kappa shape index (κ3) is 2.84. The van der Waals surface area contributed by atoms with Crippen molar-refractivity contribution < 1.29 is 14.3 Å². The molecule has 1 aromatic heterocycles. The van der Waals surface area contributed by atoms with Gasteiger partial charge in [0.25, 0.3) is 5.91 Å². The monoisotopic (exact) mass is 377 g/mol. The Hall–Kier alpha value is -1.56. The van der Waals surface area contributed by atoms with Crippen molar-refractivity contribution in [3.63, 3.8) is 0 Å². The number of rotatable bonds is 3. The van der Waals surface area contributed by atoms with Crippen molar-refractivity contribution in [2.75, 3.05) is 27.3 Å². The number of benzene rings is 1. The number of aryl methyl sites for hydroxylation is 1. The molecule has 132 valence electrons. The number of fused-ring (bicyclic) bond motifs is 3. The van der Waals surface area contributed by atoms with Crippen LogP contribution in [0.25, 0.3) is 10.4 Å². The molecule has 0 bridgehead atoms. The maximum atomic E-state index is 12.8. The summed E-state index contributed by atoms with van der Waals surface area (Å²) in [5, 5.41) is 0.689. The van der Waals surface area contributed by atoms with E-state index in [2.05, 4.69) is 12.1 Å². The van der Waals surface area contributed by atoms with Crippen LogP contribution in [0.4, 0.5) is 0 Å². The summed E-state index contributed by atoms with van der Waals surface area (Å²) in [6, 6.07) is 6.02. The van der Waals surface area contributed by atoms with Crippen molar-refractivity contribution in [1.82, 2.24) is 4.90 Å². The van der Waals surface area contributed by atoms with Gasteiger partial charge in [-0.15, -0.1) is 11.3 Å². The molecular formula is C19H20ClNO3S. The van der Waals surface area contributed by atoms with Crippen LogP contribution in [0.1, 0.15) is 27.2 Å². The standard InChI is InChI=1S/C19H20ClNO3S/c1-23-12-7-8-21(10-12)19(22)16-9-11-3-4-13-14(18(11)25-16)5-6-15(24-2)17(13)20/h5-6,9,12H,3-4,7-8,10H2,1-2H3. The molecule has 1 unspecified atom stereocenters. The summed E-state index contributed by atoms with van der Waals surface area (Å²) in [4.78, 5) is 16.7. The van der Waals surface area contributed by atoms with Crippen LogP contribution in [-0.4, -0.2) is 44.2 Å². The molecule has 0 spiro atoms. The minimum Gasteiger partial charge on any atom is -0.495 e. The summed E-state index contributed by atoms with van der Waals surface area (Å²) in [5.74, 6) is 0.819. The van der Waals surface area contributed by atoms with Crippen molar-refractivity contribution >= 4 is 28.8 Å². The van der Waals surface area contributed by atoms with Gasteiger partial charge in [0, 0.05) is 25.1 Å². The molecule has 0 N–H and O–H groups in total. The predicted octanol–water partition coefficient (Wildman–Crippen LogP) is 4.04. The summed E-state index contributed by atoms with van der Waals surface area (Å²) in [7, 11) is 3.34. The second-order valence-electron chi connectivity index (χ2n) is 6.47. The zero-order valence-corrected chi connectivity index (χ0v) is 15.9. The highest BCUT2D eigenvalue weighted by Gasteiger charge is 2.30. The zero-order valence-electron chi connectivity index (χ0n) is 14.3. The SMILES string of the molecule is COc1ccc2c(c1Cl)CCc1cc(C(=O)N3CCC(OC)C3)sc1-2. The van der Waals surface area contributed by atoms with Crippen molar-refractivity contribution in [3.8, 4) is 16.2 Å². The first-order valence-electron chi connectivity index (χ1n) is 8.43. The van der Waals surface area contributed by atoms with Crippen LogP contribution >= 0.6 is 22.9 Å². The lowest BCUT2D eigenvalue weighted by atomic mass is 9.91. The third-order valence-electron chi connectivity index (χ3n) is 5.10. The van der Waals surface area contributed by atoms with Gasteiger partial charge in [0.2, 0.25) is 0 Å². The summed E-state index contributed by atoms with van der Waals surface area (Å²) in [6.45, 7) is 1.44. The highest BCUT2D eigenvalue weighted by atomic mass is 35.5. The fourth-order valence-electron chi connectivity index (χ4n) is 3.68. The summed E-state index contributed by atoms with van der Waals surface area (Å²) >= 11 is 8.06. The number of methoxy groups -OCH3 is 2. The first kappa shape index (κ1) is 16.9. The van der Waals surface area contributed by atoms with Gasteiger partial charge < -0.3 is 14.4 Å². The van der Waals surface area contributed by atoms with E-state index in [4.69, 9.17) is 21.1 Å². The molecule has 1 aliphatic carbocycles. The Morgan fingerprint density at radius 1 is 1.32 bits per heavy atom. The van der Waals surface area contributed by atoms with E-state index >= 15 is 0 Å². The fraction of sp³-hybridized carbons (Fsp3) is 0.421. The van der Waals surface area contributed by atoms with E-state index in [0.29, 0.717) is 17.3 Å². The number of hydrogen-bond acceptors (Lipinski definition) is 4. The van der Waals surface area contributed by atoms with Crippen LogP contribution < -0.4 is 4.74 Å². The average Bonchev–Trinajstić information content (AvgIpc) is 3.28. The number of nitrogens with zero attached hydrogens (tertiary/aromatic N) is 1. The first-order chi connectivity index (χ1) is 12.1. The highest BCUT2D eigenvalue weighted by Crippen LogP contribution is 2.44. The molecule has 2 heterocycles. The Bertz CT molecular complexity index is 832. The highest BCUT2D eigenvalue weighted by molar-refractivity contribution is 7.17. The molecule has 2 aliphatic rings. The smallest absolute Gasteiger partial charge is 0.264 e. The molecule has 0 radical (unpaired) electrons. The zero-order chi connectivity index (χ0) is 17.6.